The van der Waals surface area contributed by atoms with E-state index in [0.29, 0.717) is 5.54 Å². The number of thioether (sulfide) groups is 1. The van der Waals surface area contributed by atoms with E-state index in [4.69, 9.17) is 0 Å². The topological polar surface area (TPSA) is 15.3 Å². The van der Waals surface area contributed by atoms with Crippen molar-refractivity contribution in [1.29, 1.82) is 0 Å². The van der Waals surface area contributed by atoms with Gasteiger partial charge in [-0.15, -0.1) is 0 Å². The van der Waals surface area contributed by atoms with Crippen LogP contribution >= 0.6 is 11.8 Å². The van der Waals surface area contributed by atoms with Gasteiger partial charge in [0.25, 0.3) is 0 Å². The quantitative estimate of drug-likeness (QED) is 0.684. The van der Waals surface area contributed by atoms with Gasteiger partial charge in [0.05, 0.1) is 0 Å². The van der Waals surface area contributed by atoms with Crippen LogP contribution in [-0.4, -0.2) is 48.1 Å². The SMILES string of the molecule is CC1(N2CCSCC2)CCNCC1. The highest BCUT2D eigenvalue weighted by Gasteiger charge is 2.33. The second-order valence-corrected chi connectivity index (χ2v) is 5.57. The van der Waals surface area contributed by atoms with Crippen LogP contribution < -0.4 is 5.32 Å². The molecule has 0 aromatic rings. The fourth-order valence-corrected chi connectivity index (χ4v) is 3.29. The summed E-state index contributed by atoms with van der Waals surface area (Å²) in [5.41, 5.74) is 0.506. The molecule has 2 rings (SSSR count). The first-order valence-corrected chi connectivity index (χ1v) is 6.50. The number of hydrogen-bond acceptors (Lipinski definition) is 3. The largest absolute Gasteiger partial charge is 0.317 e. The van der Waals surface area contributed by atoms with E-state index in [1.54, 1.807) is 0 Å². The summed E-state index contributed by atoms with van der Waals surface area (Å²) >= 11 is 2.10. The molecule has 2 aliphatic rings. The Labute approximate surface area is 85.4 Å². The molecule has 2 nitrogen and oxygen atoms in total. The highest BCUT2D eigenvalue weighted by atomic mass is 32.2. The third-order valence-corrected chi connectivity index (χ3v) is 4.40. The molecule has 2 saturated heterocycles. The van der Waals surface area contributed by atoms with Crippen LogP contribution in [0.3, 0.4) is 0 Å². The average molecular weight is 200 g/mol. The molecule has 0 radical (unpaired) electrons. The summed E-state index contributed by atoms with van der Waals surface area (Å²) in [6.07, 6.45) is 2.66. The minimum Gasteiger partial charge on any atom is -0.317 e. The first-order valence-electron chi connectivity index (χ1n) is 5.35. The molecule has 0 aliphatic carbocycles. The Hall–Kier alpha value is 0.270. The normalized spacial score (nSPS) is 30.2. The Morgan fingerprint density at radius 2 is 1.77 bits per heavy atom. The molecule has 13 heavy (non-hydrogen) atoms. The molecule has 0 spiro atoms. The second kappa shape index (κ2) is 4.20. The molecule has 0 bridgehead atoms. The van der Waals surface area contributed by atoms with Gasteiger partial charge in [-0.05, 0) is 32.9 Å². The van der Waals surface area contributed by atoms with E-state index in [2.05, 4.69) is 28.9 Å². The molecule has 1 N–H and O–H groups in total. The van der Waals surface area contributed by atoms with Crippen LogP contribution in [0.4, 0.5) is 0 Å². The van der Waals surface area contributed by atoms with Gasteiger partial charge in [0.1, 0.15) is 0 Å². The fraction of sp³-hybridized carbons (Fsp3) is 1.00. The van der Waals surface area contributed by atoms with E-state index in [1.807, 2.05) is 0 Å². The lowest BCUT2D eigenvalue weighted by molar-refractivity contribution is 0.0830. The molecule has 0 unspecified atom stereocenters. The molecule has 2 aliphatic heterocycles. The third-order valence-electron chi connectivity index (χ3n) is 3.46. The van der Waals surface area contributed by atoms with Crippen LogP contribution in [0.1, 0.15) is 19.8 Å². The second-order valence-electron chi connectivity index (χ2n) is 4.35. The summed E-state index contributed by atoms with van der Waals surface area (Å²) in [7, 11) is 0. The summed E-state index contributed by atoms with van der Waals surface area (Å²) in [4.78, 5) is 2.71. The smallest absolute Gasteiger partial charge is 0.0206 e. The molecule has 76 valence electrons. The van der Waals surface area contributed by atoms with Crippen LogP contribution in [0.15, 0.2) is 0 Å². The van der Waals surface area contributed by atoms with Gasteiger partial charge >= 0.3 is 0 Å². The summed E-state index contributed by atoms with van der Waals surface area (Å²) < 4.78 is 0. The molecule has 0 amide bonds. The van der Waals surface area contributed by atoms with Crippen molar-refractivity contribution >= 4 is 11.8 Å². The summed E-state index contributed by atoms with van der Waals surface area (Å²) in [5, 5.41) is 3.45. The number of nitrogens with one attached hydrogen (secondary N) is 1. The van der Waals surface area contributed by atoms with Gasteiger partial charge < -0.3 is 5.32 Å². The first kappa shape index (κ1) is 9.81. The molecule has 0 atom stereocenters. The van der Waals surface area contributed by atoms with Crippen molar-refractivity contribution in [2.24, 2.45) is 0 Å². The van der Waals surface area contributed by atoms with Crippen molar-refractivity contribution in [3.05, 3.63) is 0 Å². The monoisotopic (exact) mass is 200 g/mol. The Bertz CT molecular complexity index is 160. The van der Waals surface area contributed by atoms with Crippen molar-refractivity contribution in [3.8, 4) is 0 Å². The Balaban J connectivity index is 1.94. The minimum atomic E-state index is 0.506. The highest BCUT2D eigenvalue weighted by Crippen LogP contribution is 2.27. The molecular weight excluding hydrogens is 180 g/mol. The van der Waals surface area contributed by atoms with Gasteiger partial charge in [0.15, 0.2) is 0 Å². The Morgan fingerprint density at radius 3 is 2.38 bits per heavy atom. The Kier molecular flexibility index (Phi) is 3.17. The highest BCUT2D eigenvalue weighted by molar-refractivity contribution is 7.99. The summed E-state index contributed by atoms with van der Waals surface area (Å²) in [5.74, 6) is 2.67. The molecule has 2 heterocycles. The summed E-state index contributed by atoms with van der Waals surface area (Å²) in [6.45, 7) is 7.48. The van der Waals surface area contributed by atoms with Gasteiger partial charge in [-0.2, -0.15) is 11.8 Å². The zero-order chi connectivity index (χ0) is 9.15. The molecule has 3 heteroatoms. The predicted octanol–water partition coefficient (Wildman–Crippen LogP) is 1.18. The maximum atomic E-state index is 3.45. The number of nitrogens with zero attached hydrogens (tertiary/aromatic N) is 1. The molecule has 0 saturated carbocycles. The molecule has 0 aromatic heterocycles. The van der Waals surface area contributed by atoms with Gasteiger partial charge in [-0.3, -0.25) is 4.90 Å². The van der Waals surface area contributed by atoms with Crippen LogP contribution in [0, 0.1) is 0 Å². The van der Waals surface area contributed by atoms with Crippen LogP contribution in [-0.2, 0) is 0 Å². The molecular formula is C10H20N2S. The number of hydrogen-bond donors (Lipinski definition) is 1. The lowest BCUT2D eigenvalue weighted by Gasteiger charge is -2.45. The van der Waals surface area contributed by atoms with Crippen molar-refractivity contribution in [2.45, 2.75) is 25.3 Å². The van der Waals surface area contributed by atoms with Crippen LogP contribution in [0.25, 0.3) is 0 Å². The standard InChI is InChI=1S/C10H20N2S/c1-10(2-4-11-5-3-10)12-6-8-13-9-7-12/h11H,2-9H2,1H3. The van der Waals surface area contributed by atoms with Crippen LogP contribution in [0.2, 0.25) is 0 Å². The third kappa shape index (κ3) is 2.20. The van der Waals surface area contributed by atoms with E-state index in [0.717, 1.165) is 0 Å². The first-order chi connectivity index (χ1) is 6.31. The lowest BCUT2D eigenvalue weighted by Crippen LogP contribution is -2.55. The molecule has 2 fully saturated rings. The van der Waals surface area contributed by atoms with E-state index in [-0.39, 0.29) is 0 Å². The summed E-state index contributed by atoms with van der Waals surface area (Å²) in [6, 6.07) is 0. The number of rotatable bonds is 1. The van der Waals surface area contributed by atoms with E-state index in [1.165, 1.54) is 50.5 Å². The lowest BCUT2D eigenvalue weighted by atomic mass is 9.88. The van der Waals surface area contributed by atoms with Crippen molar-refractivity contribution < 1.29 is 0 Å². The zero-order valence-corrected chi connectivity index (χ0v) is 9.33. The maximum Gasteiger partial charge on any atom is 0.0206 e. The van der Waals surface area contributed by atoms with Crippen molar-refractivity contribution in [3.63, 3.8) is 0 Å². The van der Waals surface area contributed by atoms with Gasteiger partial charge in [0.2, 0.25) is 0 Å². The van der Waals surface area contributed by atoms with E-state index in [9.17, 15) is 0 Å². The van der Waals surface area contributed by atoms with Crippen LogP contribution in [0.5, 0.6) is 0 Å². The van der Waals surface area contributed by atoms with Gasteiger partial charge in [-0.25, -0.2) is 0 Å². The van der Waals surface area contributed by atoms with Gasteiger partial charge in [-0.1, -0.05) is 0 Å². The number of piperidine rings is 1. The fourth-order valence-electron chi connectivity index (χ4n) is 2.38. The predicted molar refractivity (Wildman–Crippen MR) is 59.4 cm³/mol. The Morgan fingerprint density at radius 1 is 1.15 bits per heavy atom. The minimum absolute atomic E-state index is 0.506. The van der Waals surface area contributed by atoms with E-state index >= 15 is 0 Å². The van der Waals surface area contributed by atoms with Gasteiger partial charge in [0, 0.05) is 30.1 Å². The molecule has 0 aromatic carbocycles. The maximum absolute atomic E-state index is 3.45. The van der Waals surface area contributed by atoms with Crippen molar-refractivity contribution in [1.82, 2.24) is 10.2 Å². The average Bonchev–Trinajstić information content (AvgIpc) is 2.20. The van der Waals surface area contributed by atoms with Crippen molar-refractivity contribution in [2.75, 3.05) is 37.7 Å². The zero-order valence-electron chi connectivity index (χ0n) is 8.51. The van der Waals surface area contributed by atoms with E-state index < -0.39 is 0 Å².